The lowest BCUT2D eigenvalue weighted by Crippen LogP contribution is -2.16. The smallest absolute Gasteiger partial charge is 0.260 e. The van der Waals surface area contributed by atoms with Gasteiger partial charge in [-0.05, 0) is 44.0 Å². The molecule has 4 nitrogen and oxygen atoms in total. The number of nitrogens with one attached hydrogen (secondary N) is 2. The van der Waals surface area contributed by atoms with Crippen molar-refractivity contribution in [2.24, 2.45) is 0 Å². The minimum absolute atomic E-state index is 0.0387. The van der Waals surface area contributed by atoms with E-state index >= 15 is 0 Å². The maximum absolute atomic E-state index is 11.7. The van der Waals surface area contributed by atoms with Crippen molar-refractivity contribution in [3.8, 4) is 0 Å². The Morgan fingerprint density at radius 2 is 2.00 bits per heavy atom. The number of hydrogen-bond donors (Lipinski definition) is 3. The van der Waals surface area contributed by atoms with Gasteiger partial charge in [-0.3, -0.25) is 4.79 Å². The summed E-state index contributed by atoms with van der Waals surface area (Å²) in [5.74, 6) is -0.649. The van der Waals surface area contributed by atoms with E-state index in [-0.39, 0.29) is 11.3 Å². The summed E-state index contributed by atoms with van der Waals surface area (Å²) in [6, 6.07) is 5.54. The molecule has 3 N–H and O–H groups in total. The monoisotopic (exact) mass is 232 g/mol. The van der Waals surface area contributed by atoms with Crippen LogP contribution in [-0.4, -0.2) is 17.2 Å². The first kappa shape index (κ1) is 13.0. The highest BCUT2D eigenvalue weighted by molar-refractivity contribution is 6.17. The van der Waals surface area contributed by atoms with E-state index in [2.05, 4.69) is 5.32 Å². The molecule has 17 heavy (non-hydrogen) atoms. The fraction of sp³-hybridized carbons (Fsp3) is 0.231. The Morgan fingerprint density at radius 1 is 1.35 bits per heavy atom. The molecule has 1 amide bonds. The van der Waals surface area contributed by atoms with Crippen molar-refractivity contribution < 1.29 is 9.90 Å². The third kappa shape index (κ3) is 3.17. The first-order chi connectivity index (χ1) is 7.95. The topological polar surface area (TPSA) is 73.2 Å². The molecule has 0 aliphatic heterocycles. The predicted molar refractivity (Wildman–Crippen MR) is 68.7 cm³/mol. The quantitative estimate of drug-likeness (QED) is 0.426. The average Bonchev–Trinajstić information content (AvgIpc) is 2.24. The van der Waals surface area contributed by atoms with E-state index in [1.165, 1.54) is 6.92 Å². The van der Waals surface area contributed by atoms with Crippen LogP contribution in [-0.2, 0) is 4.79 Å². The summed E-state index contributed by atoms with van der Waals surface area (Å²) in [7, 11) is 0. The molecule has 0 unspecified atom stereocenters. The van der Waals surface area contributed by atoms with Crippen LogP contribution in [0.25, 0.3) is 0 Å². The zero-order valence-electron chi connectivity index (χ0n) is 10.2. The number of amides is 1. The van der Waals surface area contributed by atoms with Gasteiger partial charge in [0.25, 0.3) is 5.91 Å². The van der Waals surface area contributed by atoms with E-state index in [4.69, 9.17) is 5.41 Å². The first-order valence-corrected chi connectivity index (χ1v) is 5.24. The molecule has 90 valence electrons. The number of aryl methyl sites for hydroxylation is 2. The van der Waals surface area contributed by atoms with Crippen LogP contribution in [0.15, 0.2) is 29.5 Å². The molecule has 0 radical (unpaired) electrons. The fourth-order valence-electron chi connectivity index (χ4n) is 1.35. The number of anilines is 1. The van der Waals surface area contributed by atoms with E-state index in [0.29, 0.717) is 5.69 Å². The Labute approximate surface area is 100 Å². The molecule has 1 aromatic carbocycles. The molecule has 0 aliphatic carbocycles. The molecule has 0 atom stereocenters. The minimum atomic E-state index is -0.483. The molecule has 0 saturated carbocycles. The van der Waals surface area contributed by atoms with E-state index in [1.54, 1.807) is 6.07 Å². The van der Waals surface area contributed by atoms with Crippen molar-refractivity contribution in [2.45, 2.75) is 20.8 Å². The van der Waals surface area contributed by atoms with Gasteiger partial charge in [-0.2, -0.15) is 0 Å². The minimum Gasteiger partial charge on any atom is -0.512 e. The van der Waals surface area contributed by atoms with Crippen molar-refractivity contribution in [1.82, 2.24) is 0 Å². The SMILES string of the molecule is C/C(O)=C(/C=N)C(=O)Nc1ccc(C)c(C)c1. The summed E-state index contributed by atoms with van der Waals surface area (Å²) in [6.07, 6.45) is 0.839. The lowest BCUT2D eigenvalue weighted by atomic mass is 10.1. The van der Waals surface area contributed by atoms with Gasteiger partial charge in [0.05, 0.1) is 5.57 Å². The van der Waals surface area contributed by atoms with Gasteiger partial charge >= 0.3 is 0 Å². The van der Waals surface area contributed by atoms with E-state index in [0.717, 1.165) is 17.3 Å². The maximum Gasteiger partial charge on any atom is 0.260 e. The van der Waals surface area contributed by atoms with Crippen molar-refractivity contribution in [1.29, 1.82) is 5.41 Å². The highest BCUT2D eigenvalue weighted by Gasteiger charge is 2.10. The summed E-state index contributed by atoms with van der Waals surface area (Å²) in [6.45, 7) is 5.32. The van der Waals surface area contributed by atoms with Crippen molar-refractivity contribution in [3.05, 3.63) is 40.7 Å². The lowest BCUT2D eigenvalue weighted by Gasteiger charge is -2.08. The van der Waals surface area contributed by atoms with Crippen LogP contribution < -0.4 is 5.32 Å². The lowest BCUT2D eigenvalue weighted by molar-refractivity contribution is -0.112. The third-order valence-electron chi connectivity index (χ3n) is 2.54. The molecule has 0 saturated heterocycles. The number of allylic oxidation sites excluding steroid dienone is 1. The summed E-state index contributed by atoms with van der Waals surface area (Å²) in [5, 5.41) is 18.9. The second kappa shape index (κ2) is 5.30. The highest BCUT2D eigenvalue weighted by atomic mass is 16.3. The molecule has 4 heteroatoms. The van der Waals surface area contributed by atoms with Gasteiger partial charge in [-0.15, -0.1) is 0 Å². The maximum atomic E-state index is 11.7. The van der Waals surface area contributed by atoms with Crippen LogP contribution in [0.4, 0.5) is 5.69 Å². The van der Waals surface area contributed by atoms with Gasteiger partial charge in [0.15, 0.2) is 0 Å². The number of aliphatic hydroxyl groups excluding tert-OH is 1. The molecule has 0 fully saturated rings. The number of rotatable bonds is 3. The Balaban J connectivity index is 2.92. The number of aliphatic hydroxyl groups is 1. The van der Waals surface area contributed by atoms with Gasteiger partial charge in [0.2, 0.25) is 0 Å². The molecule has 1 rings (SSSR count). The van der Waals surface area contributed by atoms with Crippen LogP contribution in [0.3, 0.4) is 0 Å². The van der Waals surface area contributed by atoms with Crippen LogP contribution in [0.1, 0.15) is 18.1 Å². The van der Waals surface area contributed by atoms with E-state index in [9.17, 15) is 9.90 Å². The zero-order valence-corrected chi connectivity index (χ0v) is 10.2. The number of carbonyl (C=O) groups is 1. The predicted octanol–water partition coefficient (Wildman–Crippen LogP) is 2.72. The second-order valence-electron chi connectivity index (χ2n) is 3.90. The highest BCUT2D eigenvalue weighted by Crippen LogP contribution is 2.15. The molecule has 1 aromatic rings. The molecular weight excluding hydrogens is 216 g/mol. The van der Waals surface area contributed by atoms with Gasteiger partial charge in [-0.1, -0.05) is 6.07 Å². The Morgan fingerprint density at radius 3 is 2.47 bits per heavy atom. The number of benzene rings is 1. The normalized spacial score (nSPS) is 11.7. The number of carbonyl (C=O) groups excluding carboxylic acids is 1. The summed E-state index contributed by atoms with van der Waals surface area (Å²) in [5.41, 5.74) is 2.83. The van der Waals surface area contributed by atoms with Crippen LogP contribution in [0, 0.1) is 19.3 Å². The van der Waals surface area contributed by atoms with Crippen molar-refractivity contribution in [2.75, 3.05) is 5.32 Å². The Bertz CT molecular complexity index is 486. The molecule has 0 heterocycles. The van der Waals surface area contributed by atoms with Crippen molar-refractivity contribution >= 4 is 17.8 Å². The van der Waals surface area contributed by atoms with E-state index < -0.39 is 5.91 Å². The van der Waals surface area contributed by atoms with Gasteiger partial charge in [0, 0.05) is 11.9 Å². The first-order valence-electron chi connectivity index (χ1n) is 5.24. The molecule has 0 aromatic heterocycles. The Kier molecular flexibility index (Phi) is 4.04. The van der Waals surface area contributed by atoms with Crippen LogP contribution in [0.2, 0.25) is 0 Å². The summed E-state index contributed by atoms with van der Waals surface area (Å²) < 4.78 is 0. The van der Waals surface area contributed by atoms with E-state index in [1.807, 2.05) is 26.0 Å². The van der Waals surface area contributed by atoms with Crippen molar-refractivity contribution in [3.63, 3.8) is 0 Å². The average molecular weight is 232 g/mol. The molecule has 0 bridgehead atoms. The Hall–Kier alpha value is -2.10. The molecule has 0 spiro atoms. The number of hydrogen-bond acceptors (Lipinski definition) is 3. The summed E-state index contributed by atoms with van der Waals surface area (Å²) >= 11 is 0. The van der Waals surface area contributed by atoms with Gasteiger partial charge in [0.1, 0.15) is 5.76 Å². The third-order valence-corrected chi connectivity index (χ3v) is 2.54. The second-order valence-corrected chi connectivity index (χ2v) is 3.90. The van der Waals surface area contributed by atoms with Gasteiger partial charge in [-0.25, -0.2) is 0 Å². The summed E-state index contributed by atoms with van der Waals surface area (Å²) in [4.78, 5) is 11.7. The van der Waals surface area contributed by atoms with Gasteiger partial charge < -0.3 is 15.8 Å². The molecule has 0 aliphatic rings. The largest absolute Gasteiger partial charge is 0.512 e. The van der Waals surface area contributed by atoms with Crippen LogP contribution >= 0.6 is 0 Å². The molecular formula is C13H16N2O2. The van der Waals surface area contributed by atoms with Crippen LogP contribution in [0.5, 0.6) is 0 Å². The zero-order chi connectivity index (χ0) is 13.0. The standard InChI is InChI=1S/C13H16N2O2/c1-8-4-5-11(6-9(8)2)15-13(17)12(7-14)10(3)16/h4-7,14,16H,1-3H3,(H,15,17)/b12-10+,14-7?. The fourth-order valence-corrected chi connectivity index (χ4v) is 1.35.